The van der Waals surface area contributed by atoms with Gasteiger partial charge in [0.1, 0.15) is 11.9 Å². The molecule has 0 saturated carbocycles. The molecule has 0 radical (unpaired) electrons. The molecule has 2 aromatic carbocycles. The summed E-state index contributed by atoms with van der Waals surface area (Å²) >= 11 is 0. The third kappa shape index (κ3) is 5.06. The molecular formula is C33H37N3O4S. The summed E-state index contributed by atoms with van der Waals surface area (Å²) < 4.78 is 38.4. The minimum atomic E-state index is -3.36. The van der Waals surface area contributed by atoms with E-state index in [4.69, 9.17) is 9.47 Å². The van der Waals surface area contributed by atoms with Gasteiger partial charge in [-0.1, -0.05) is 12.0 Å². The van der Waals surface area contributed by atoms with E-state index in [2.05, 4.69) is 53.4 Å². The van der Waals surface area contributed by atoms with Crippen LogP contribution < -0.4 is 13.9 Å². The maximum atomic E-state index is 12.6. The molecule has 2 fully saturated rings. The molecule has 2 saturated heterocycles. The van der Waals surface area contributed by atoms with Gasteiger partial charge in [0, 0.05) is 42.5 Å². The van der Waals surface area contributed by atoms with Crippen molar-refractivity contribution in [2.45, 2.75) is 45.3 Å². The maximum absolute atomic E-state index is 12.6. The van der Waals surface area contributed by atoms with Crippen molar-refractivity contribution in [3.63, 3.8) is 0 Å². The number of epoxide rings is 1. The van der Waals surface area contributed by atoms with E-state index in [0.29, 0.717) is 24.8 Å². The second-order valence-electron chi connectivity index (χ2n) is 11.4. The van der Waals surface area contributed by atoms with Crippen LogP contribution >= 0.6 is 0 Å². The SMILES string of the molecule is C=C[C@H]1CN(c2cc3c(c(C#CC)c2C)CCN3S(C)(=O)=O)CC[C@H]1C[C@H]1O[C@@H]1c1ccnc2ccc(OC)cc12. The minimum absolute atomic E-state index is 0.0622. The van der Waals surface area contributed by atoms with E-state index in [1.165, 1.54) is 16.1 Å². The molecular weight excluding hydrogens is 534 g/mol. The number of nitrogens with zero attached hydrogens (tertiary/aromatic N) is 3. The van der Waals surface area contributed by atoms with E-state index in [1.54, 1.807) is 7.11 Å². The number of pyridine rings is 1. The molecule has 0 aliphatic carbocycles. The Labute approximate surface area is 243 Å². The van der Waals surface area contributed by atoms with Crippen LogP contribution in [0, 0.1) is 30.6 Å². The average molecular weight is 572 g/mol. The monoisotopic (exact) mass is 571 g/mol. The number of anilines is 2. The summed E-state index contributed by atoms with van der Waals surface area (Å²) in [5, 5.41) is 1.08. The second-order valence-corrected chi connectivity index (χ2v) is 13.3. The Morgan fingerprint density at radius 2 is 2.05 bits per heavy atom. The fourth-order valence-electron chi connectivity index (χ4n) is 6.81. The van der Waals surface area contributed by atoms with Gasteiger partial charge in [-0.25, -0.2) is 8.42 Å². The number of ether oxygens (including phenoxy) is 2. The lowest BCUT2D eigenvalue weighted by atomic mass is 9.81. The van der Waals surface area contributed by atoms with Gasteiger partial charge in [0.05, 0.1) is 30.7 Å². The molecule has 0 N–H and O–H groups in total. The topological polar surface area (TPSA) is 75.3 Å². The Kier molecular flexibility index (Phi) is 7.21. The summed E-state index contributed by atoms with van der Waals surface area (Å²) in [6, 6.07) is 10.1. The van der Waals surface area contributed by atoms with Crippen molar-refractivity contribution in [1.29, 1.82) is 0 Å². The first kappa shape index (κ1) is 27.6. The zero-order valence-electron chi connectivity index (χ0n) is 24.2. The highest BCUT2D eigenvalue weighted by Crippen LogP contribution is 2.48. The maximum Gasteiger partial charge on any atom is 0.232 e. The Morgan fingerprint density at radius 1 is 1.22 bits per heavy atom. The van der Waals surface area contributed by atoms with E-state index in [1.807, 2.05) is 31.3 Å². The van der Waals surface area contributed by atoms with Crippen molar-refractivity contribution in [2.75, 3.05) is 42.2 Å². The number of hydrogen-bond acceptors (Lipinski definition) is 6. The van der Waals surface area contributed by atoms with Crippen molar-refractivity contribution in [3.05, 3.63) is 71.4 Å². The lowest BCUT2D eigenvalue weighted by molar-refractivity contribution is 0.269. The highest BCUT2D eigenvalue weighted by molar-refractivity contribution is 7.92. The van der Waals surface area contributed by atoms with Gasteiger partial charge in [-0.2, -0.15) is 0 Å². The first-order valence-corrected chi connectivity index (χ1v) is 16.1. The lowest BCUT2D eigenvalue weighted by Crippen LogP contribution is -2.40. The molecule has 3 aromatic rings. The predicted octanol–water partition coefficient (Wildman–Crippen LogP) is 5.40. The van der Waals surface area contributed by atoms with Crippen molar-refractivity contribution in [2.24, 2.45) is 11.8 Å². The summed E-state index contributed by atoms with van der Waals surface area (Å²) in [5.41, 5.74) is 7.10. The van der Waals surface area contributed by atoms with Gasteiger partial charge < -0.3 is 14.4 Å². The predicted molar refractivity (Wildman–Crippen MR) is 164 cm³/mol. The van der Waals surface area contributed by atoms with Crippen molar-refractivity contribution in [1.82, 2.24) is 4.98 Å². The summed E-state index contributed by atoms with van der Waals surface area (Å²) in [6.45, 7) is 10.3. The number of rotatable bonds is 7. The van der Waals surface area contributed by atoms with Crippen LogP contribution in [-0.4, -0.2) is 52.5 Å². The van der Waals surface area contributed by atoms with Crippen molar-refractivity contribution < 1.29 is 17.9 Å². The molecule has 3 aliphatic heterocycles. The number of sulfonamides is 1. The fraction of sp³-hybridized carbons (Fsp3) is 0.424. The number of methoxy groups -OCH3 is 1. The lowest BCUT2D eigenvalue weighted by Gasteiger charge is -2.39. The smallest absolute Gasteiger partial charge is 0.232 e. The molecule has 7 nitrogen and oxygen atoms in total. The van der Waals surface area contributed by atoms with E-state index < -0.39 is 10.0 Å². The van der Waals surface area contributed by atoms with Gasteiger partial charge in [-0.3, -0.25) is 9.29 Å². The first-order chi connectivity index (χ1) is 19.7. The summed E-state index contributed by atoms with van der Waals surface area (Å²) in [5.74, 6) is 7.91. The van der Waals surface area contributed by atoms with E-state index >= 15 is 0 Å². The van der Waals surface area contributed by atoms with Gasteiger partial charge in [0.2, 0.25) is 10.0 Å². The molecule has 3 aliphatic rings. The standard InChI is InChI=1S/C33H37N3O4S/c1-6-8-25-21(3)30(19-31-26(25)13-16-36(31)41(5,37)38)35-15-12-23(22(7-2)20-35)17-32-33(40-32)27-11-14-34-29-10-9-24(39-4)18-28(27)29/h7,9-11,14,18-19,22-23,32-33H,2,12-13,15-17,20H2,1,3-5H3/t22-,23-,32+,33+/m0/s1. The Morgan fingerprint density at radius 3 is 2.78 bits per heavy atom. The normalized spacial score (nSPS) is 23.6. The number of hydrogen-bond donors (Lipinski definition) is 0. The van der Waals surface area contributed by atoms with Gasteiger partial charge in [0.25, 0.3) is 0 Å². The highest BCUT2D eigenvalue weighted by Gasteiger charge is 2.44. The summed E-state index contributed by atoms with van der Waals surface area (Å²) in [4.78, 5) is 6.92. The van der Waals surface area contributed by atoms with Crippen LogP contribution in [0.3, 0.4) is 0 Å². The zero-order chi connectivity index (χ0) is 28.9. The second kappa shape index (κ2) is 10.7. The molecule has 41 heavy (non-hydrogen) atoms. The van der Waals surface area contributed by atoms with Gasteiger partial charge >= 0.3 is 0 Å². The van der Waals surface area contributed by atoms with Crippen LogP contribution in [0.4, 0.5) is 11.4 Å². The quantitative estimate of drug-likeness (QED) is 0.215. The van der Waals surface area contributed by atoms with Crippen LogP contribution in [-0.2, 0) is 21.2 Å². The molecule has 0 spiro atoms. The molecule has 4 atom stereocenters. The number of piperidine rings is 1. The average Bonchev–Trinajstić information content (AvgIpc) is 3.58. The van der Waals surface area contributed by atoms with Crippen LogP contribution in [0.5, 0.6) is 5.75 Å². The Hall–Kier alpha value is -3.54. The number of aromatic nitrogens is 1. The molecule has 6 rings (SSSR count). The first-order valence-electron chi connectivity index (χ1n) is 14.3. The molecule has 1 aromatic heterocycles. The van der Waals surface area contributed by atoms with Gasteiger partial charge in [-0.05, 0) is 92.0 Å². The van der Waals surface area contributed by atoms with Crippen LogP contribution in [0.15, 0.2) is 49.2 Å². The summed E-state index contributed by atoms with van der Waals surface area (Å²) in [7, 11) is -1.68. The number of benzene rings is 2. The van der Waals surface area contributed by atoms with Gasteiger partial charge in [-0.15, -0.1) is 12.5 Å². The summed E-state index contributed by atoms with van der Waals surface area (Å²) in [6.07, 6.45) is 8.12. The van der Waals surface area contributed by atoms with Gasteiger partial charge in [0.15, 0.2) is 0 Å². The highest BCUT2D eigenvalue weighted by atomic mass is 32.2. The zero-order valence-corrected chi connectivity index (χ0v) is 25.0. The Balaban J connectivity index is 1.21. The van der Waals surface area contributed by atoms with E-state index in [-0.39, 0.29) is 12.2 Å². The van der Waals surface area contributed by atoms with Crippen LogP contribution in [0.1, 0.15) is 48.1 Å². The molecule has 214 valence electrons. The molecule has 4 heterocycles. The third-order valence-electron chi connectivity index (χ3n) is 8.98. The van der Waals surface area contributed by atoms with Crippen molar-refractivity contribution >= 4 is 32.3 Å². The largest absolute Gasteiger partial charge is 0.497 e. The van der Waals surface area contributed by atoms with E-state index in [0.717, 1.165) is 70.6 Å². The van der Waals surface area contributed by atoms with Crippen molar-refractivity contribution in [3.8, 4) is 17.6 Å². The Bertz CT molecular complexity index is 1690. The van der Waals surface area contributed by atoms with Crippen LogP contribution in [0.25, 0.3) is 10.9 Å². The molecule has 0 bridgehead atoms. The van der Waals surface area contributed by atoms with E-state index in [9.17, 15) is 8.42 Å². The minimum Gasteiger partial charge on any atom is -0.497 e. The molecule has 0 amide bonds. The molecule has 0 unspecified atom stereocenters. The third-order valence-corrected chi connectivity index (χ3v) is 10.2. The van der Waals surface area contributed by atoms with Crippen LogP contribution in [0.2, 0.25) is 0 Å². The number of fused-ring (bicyclic) bond motifs is 2. The fourth-order valence-corrected chi connectivity index (χ4v) is 7.75. The molecule has 8 heteroatoms.